The van der Waals surface area contributed by atoms with Crippen LogP contribution in [0.4, 0.5) is 5.69 Å². The van der Waals surface area contributed by atoms with Crippen LogP contribution in [-0.4, -0.2) is 56.7 Å². The number of aliphatic imine (C=N–C) groups is 1. The number of likely N-dealkylation sites (tertiary alicyclic amines) is 1. The van der Waals surface area contributed by atoms with Gasteiger partial charge in [-0.1, -0.05) is 19.1 Å². The minimum absolute atomic E-state index is 0. The zero-order chi connectivity index (χ0) is 18.7. The van der Waals surface area contributed by atoms with Crippen molar-refractivity contribution in [2.45, 2.75) is 52.2 Å². The van der Waals surface area contributed by atoms with Crippen molar-refractivity contribution in [2.75, 3.05) is 38.6 Å². The molecule has 0 aromatic heterocycles. The van der Waals surface area contributed by atoms with Gasteiger partial charge in [-0.25, -0.2) is 0 Å². The first-order valence-corrected chi connectivity index (χ1v) is 10.0. The highest BCUT2D eigenvalue weighted by atomic mass is 127. The van der Waals surface area contributed by atoms with Crippen LogP contribution in [0.1, 0.15) is 38.3 Å². The van der Waals surface area contributed by atoms with Gasteiger partial charge in [0.15, 0.2) is 5.96 Å². The molecule has 1 fully saturated rings. The SMILES string of the molecule is CN=C(NCc1ccc2c(c1)CCCN2C)NC1CN(C(C)C)CC1C.I. The maximum absolute atomic E-state index is 4.44. The van der Waals surface area contributed by atoms with Crippen molar-refractivity contribution in [1.29, 1.82) is 0 Å². The average Bonchev–Trinajstić information content (AvgIpc) is 2.99. The molecule has 27 heavy (non-hydrogen) atoms. The third-order valence-electron chi connectivity index (χ3n) is 5.87. The molecule has 0 bridgehead atoms. The Balaban J connectivity index is 0.00000261. The van der Waals surface area contributed by atoms with Crippen LogP contribution in [0.25, 0.3) is 0 Å². The number of hydrogen-bond acceptors (Lipinski definition) is 3. The lowest BCUT2D eigenvalue weighted by molar-refractivity contribution is 0.265. The molecule has 152 valence electrons. The lowest BCUT2D eigenvalue weighted by Crippen LogP contribution is -2.46. The Morgan fingerprint density at radius 3 is 2.74 bits per heavy atom. The van der Waals surface area contributed by atoms with Gasteiger partial charge in [0.2, 0.25) is 0 Å². The number of hydrogen-bond donors (Lipinski definition) is 2. The molecule has 2 N–H and O–H groups in total. The van der Waals surface area contributed by atoms with E-state index in [4.69, 9.17) is 0 Å². The van der Waals surface area contributed by atoms with Crippen molar-refractivity contribution in [3.05, 3.63) is 29.3 Å². The van der Waals surface area contributed by atoms with Crippen LogP contribution >= 0.6 is 24.0 Å². The molecule has 1 aromatic carbocycles. The normalized spacial score (nSPS) is 23.2. The van der Waals surface area contributed by atoms with E-state index in [2.05, 4.69) is 71.4 Å². The molecule has 1 saturated heterocycles. The summed E-state index contributed by atoms with van der Waals surface area (Å²) in [4.78, 5) is 9.34. The van der Waals surface area contributed by atoms with Gasteiger partial charge in [0.1, 0.15) is 0 Å². The summed E-state index contributed by atoms with van der Waals surface area (Å²) in [6.45, 7) is 11.1. The number of fused-ring (bicyclic) bond motifs is 1. The van der Waals surface area contributed by atoms with Crippen molar-refractivity contribution >= 4 is 35.6 Å². The first-order chi connectivity index (χ1) is 12.5. The summed E-state index contributed by atoms with van der Waals surface area (Å²) >= 11 is 0. The highest BCUT2D eigenvalue weighted by molar-refractivity contribution is 14.0. The molecule has 2 atom stereocenters. The minimum Gasteiger partial charge on any atom is -0.374 e. The number of guanidine groups is 1. The van der Waals surface area contributed by atoms with Crippen LogP contribution in [-0.2, 0) is 13.0 Å². The maximum atomic E-state index is 4.44. The van der Waals surface area contributed by atoms with Gasteiger partial charge in [0, 0.05) is 58.0 Å². The lowest BCUT2D eigenvalue weighted by atomic mass is 9.99. The van der Waals surface area contributed by atoms with Gasteiger partial charge < -0.3 is 15.5 Å². The number of rotatable bonds is 4. The van der Waals surface area contributed by atoms with Crippen LogP contribution < -0.4 is 15.5 Å². The summed E-state index contributed by atoms with van der Waals surface area (Å²) in [6.07, 6.45) is 2.43. The van der Waals surface area contributed by atoms with Crippen molar-refractivity contribution in [3.8, 4) is 0 Å². The molecule has 2 aliphatic heterocycles. The zero-order valence-corrected chi connectivity index (χ0v) is 19.8. The van der Waals surface area contributed by atoms with Crippen LogP contribution in [0.3, 0.4) is 0 Å². The number of benzene rings is 1. The van der Waals surface area contributed by atoms with Crippen molar-refractivity contribution in [3.63, 3.8) is 0 Å². The fourth-order valence-electron chi connectivity index (χ4n) is 4.12. The van der Waals surface area contributed by atoms with E-state index in [0.717, 1.165) is 32.1 Å². The first kappa shape index (κ1) is 22.3. The standard InChI is InChI=1S/C21H35N5.HI/c1-15(2)26-13-16(3)19(14-26)24-21(22-4)23-12-17-8-9-20-18(11-17)7-6-10-25(20)5;/h8-9,11,15-16,19H,6-7,10,12-14H2,1-5H3,(H2,22,23,24);1H. The highest BCUT2D eigenvalue weighted by Crippen LogP contribution is 2.26. The Morgan fingerprint density at radius 2 is 2.07 bits per heavy atom. The van der Waals surface area contributed by atoms with Gasteiger partial charge >= 0.3 is 0 Å². The van der Waals surface area contributed by atoms with E-state index in [9.17, 15) is 0 Å². The van der Waals surface area contributed by atoms with Gasteiger partial charge in [-0.2, -0.15) is 0 Å². The second-order valence-corrected chi connectivity index (χ2v) is 8.19. The Morgan fingerprint density at radius 1 is 1.30 bits per heavy atom. The third kappa shape index (κ3) is 5.50. The van der Waals surface area contributed by atoms with Gasteiger partial charge in [0.05, 0.1) is 0 Å². The van der Waals surface area contributed by atoms with E-state index in [1.807, 2.05) is 7.05 Å². The molecule has 2 unspecified atom stereocenters. The van der Waals surface area contributed by atoms with E-state index in [-0.39, 0.29) is 24.0 Å². The Hall–Kier alpha value is -1.02. The molecule has 0 saturated carbocycles. The molecule has 0 amide bonds. The summed E-state index contributed by atoms with van der Waals surface area (Å²) in [6, 6.07) is 7.92. The number of nitrogens with one attached hydrogen (secondary N) is 2. The van der Waals surface area contributed by atoms with Crippen molar-refractivity contribution in [1.82, 2.24) is 15.5 Å². The predicted octanol–water partition coefficient (Wildman–Crippen LogP) is 3.08. The molecular weight excluding hydrogens is 449 g/mol. The largest absolute Gasteiger partial charge is 0.374 e. The molecule has 2 heterocycles. The Labute approximate surface area is 182 Å². The van der Waals surface area contributed by atoms with E-state index in [0.29, 0.717) is 18.0 Å². The minimum atomic E-state index is 0. The van der Waals surface area contributed by atoms with Gasteiger partial charge in [-0.15, -0.1) is 24.0 Å². The third-order valence-corrected chi connectivity index (χ3v) is 5.87. The summed E-state index contributed by atoms with van der Waals surface area (Å²) in [5.74, 6) is 1.54. The smallest absolute Gasteiger partial charge is 0.191 e. The molecular formula is C21H36IN5. The molecule has 0 spiro atoms. The molecule has 3 rings (SSSR count). The summed E-state index contributed by atoms with van der Waals surface area (Å²) in [5.41, 5.74) is 4.18. The first-order valence-electron chi connectivity index (χ1n) is 10.0. The van der Waals surface area contributed by atoms with Crippen molar-refractivity contribution in [2.24, 2.45) is 10.9 Å². The van der Waals surface area contributed by atoms with E-state index >= 15 is 0 Å². The lowest BCUT2D eigenvalue weighted by Gasteiger charge is -2.28. The fraction of sp³-hybridized carbons (Fsp3) is 0.667. The molecule has 0 aliphatic carbocycles. The molecule has 0 radical (unpaired) electrons. The predicted molar refractivity (Wildman–Crippen MR) is 126 cm³/mol. The molecule has 6 heteroatoms. The van der Waals surface area contributed by atoms with E-state index < -0.39 is 0 Å². The fourth-order valence-corrected chi connectivity index (χ4v) is 4.12. The van der Waals surface area contributed by atoms with Crippen molar-refractivity contribution < 1.29 is 0 Å². The quantitative estimate of drug-likeness (QED) is 0.391. The summed E-state index contributed by atoms with van der Waals surface area (Å²) in [7, 11) is 4.04. The highest BCUT2D eigenvalue weighted by Gasteiger charge is 2.31. The number of nitrogens with zero attached hydrogens (tertiary/aromatic N) is 3. The van der Waals surface area contributed by atoms with Gasteiger partial charge in [-0.05, 0) is 49.8 Å². The topological polar surface area (TPSA) is 42.9 Å². The maximum Gasteiger partial charge on any atom is 0.191 e. The molecule has 1 aromatic rings. The van der Waals surface area contributed by atoms with Crippen LogP contribution in [0.5, 0.6) is 0 Å². The average molecular weight is 485 g/mol. The van der Waals surface area contributed by atoms with Crippen LogP contribution in [0.15, 0.2) is 23.2 Å². The zero-order valence-electron chi connectivity index (χ0n) is 17.5. The number of halogens is 1. The van der Waals surface area contributed by atoms with E-state index in [1.54, 1.807) is 0 Å². The van der Waals surface area contributed by atoms with Gasteiger partial charge in [-0.3, -0.25) is 9.89 Å². The monoisotopic (exact) mass is 485 g/mol. The number of aryl methyl sites for hydroxylation is 1. The summed E-state index contributed by atoms with van der Waals surface area (Å²) in [5, 5.41) is 7.13. The van der Waals surface area contributed by atoms with Crippen LogP contribution in [0.2, 0.25) is 0 Å². The Bertz CT molecular complexity index is 645. The second-order valence-electron chi connectivity index (χ2n) is 8.19. The molecule has 2 aliphatic rings. The Kier molecular flexibility index (Phi) is 8.21. The number of anilines is 1. The van der Waals surface area contributed by atoms with Crippen LogP contribution in [0, 0.1) is 5.92 Å². The summed E-state index contributed by atoms with van der Waals surface area (Å²) < 4.78 is 0. The molecule has 5 nitrogen and oxygen atoms in total. The van der Waals surface area contributed by atoms with E-state index in [1.165, 1.54) is 29.7 Å². The second kappa shape index (κ2) is 9.96. The van der Waals surface area contributed by atoms with Gasteiger partial charge in [0.25, 0.3) is 0 Å².